The summed E-state index contributed by atoms with van der Waals surface area (Å²) in [5, 5.41) is 12.0. The van der Waals surface area contributed by atoms with Crippen LogP contribution in [0.25, 0.3) is 10.9 Å². The normalized spacial score (nSPS) is 15.9. The van der Waals surface area contributed by atoms with Gasteiger partial charge in [0.2, 0.25) is 5.95 Å². The first-order chi connectivity index (χ1) is 17.1. The first-order valence-corrected chi connectivity index (χ1v) is 11.5. The average Bonchev–Trinajstić information content (AvgIpc) is 3.21. The molecule has 2 aromatic heterocycles. The zero-order valence-electron chi connectivity index (χ0n) is 19.5. The van der Waals surface area contributed by atoms with E-state index in [9.17, 15) is 4.79 Å². The largest absolute Gasteiger partial charge is 0.397 e. The average molecular weight is 473 g/mol. The van der Waals surface area contributed by atoms with E-state index in [0.29, 0.717) is 55.7 Å². The van der Waals surface area contributed by atoms with Crippen LogP contribution in [0.3, 0.4) is 0 Å². The summed E-state index contributed by atoms with van der Waals surface area (Å²) in [5.74, 6) is 0.269. The van der Waals surface area contributed by atoms with Gasteiger partial charge in [-0.2, -0.15) is 5.10 Å². The van der Waals surface area contributed by atoms with Crippen LogP contribution in [0.4, 0.5) is 17.3 Å². The highest BCUT2D eigenvalue weighted by Crippen LogP contribution is 2.19. The van der Waals surface area contributed by atoms with Crippen LogP contribution in [-0.2, 0) is 18.3 Å². The summed E-state index contributed by atoms with van der Waals surface area (Å²) in [5.41, 5.74) is 9.46. The Bertz CT molecular complexity index is 1320. The molecular weight excluding hydrogens is 444 g/mol. The number of carbonyl (C=O) groups excluding carboxylic acids is 1. The third-order valence-corrected chi connectivity index (χ3v) is 6.03. The predicted octanol–water partition coefficient (Wildman–Crippen LogP) is 2.19. The number of morpholine rings is 1. The van der Waals surface area contributed by atoms with Gasteiger partial charge in [0, 0.05) is 51.0 Å². The van der Waals surface area contributed by atoms with E-state index in [1.165, 1.54) is 12.4 Å². The lowest BCUT2D eigenvalue weighted by Gasteiger charge is -2.33. The van der Waals surface area contributed by atoms with Gasteiger partial charge in [-0.25, -0.2) is 9.97 Å². The minimum atomic E-state index is -0.305. The van der Waals surface area contributed by atoms with Gasteiger partial charge < -0.3 is 26.0 Å². The smallest absolute Gasteiger partial charge is 0.258 e. The van der Waals surface area contributed by atoms with Gasteiger partial charge in [-0.1, -0.05) is 30.3 Å². The van der Waals surface area contributed by atoms with Gasteiger partial charge in [0.05, 0.1) is 40.9 Å². The molecule has 1 unspecified atom stereocenters. The number of para-hydroxylation sites is 3. The summed E-state index contributed by atoms with van der Waals surface area (Å²) < 4.78 is 7.84. The minimum Gasteiger partial charge on any atom is -0.397 e. The van der Waals surface area contributed by atoms with E-state index < -0.39 is 0 Å². The maximum Gasteiger partial charge on any atom is 0.258 e. The summed E-state index contributed by atoms with van der Waals surface area (Å²) in [6, 6.07) is 15.3. The van der Waals surface area contributed by atoms with Crippen molar-refractivity contribution in [3.63, 3.8) is 0 Å². The number of ether oxygens (including phenoxy) is 1. The summed E-state index contributed by atoms with van der Waals surface area (Å²) in [6.45, 7) is 3.26. The highest BCUT2D eigenvalue weighted by molar-refractivity contribution is 6.05. The Morgan fingerprint density at radius 3 is 2.74 bits per heavy atom. The molecule has 180 valence electrons. The van der Waals surface area contributed by atoms with E-state index in [4.69, 9.17) is 10.5 Å². The van der Waals surface area contributed by atoms with Crippen molar-refractivity contribution in [3.8, 4) is 0 Å². The Morgan fingerprint density at radius 1 is 1.14 bits per heavy atom. The molecule has 35 heavy (non-hydrogen) atoms. The molecule has 1 fully saturated rings. The number of aryl methyl sites for hydroxylation is 1. The molecule has 1 saturated heterocycles. The summed E-state index contributed by atoms with van der Waals surface area (Å²) >= 11 is 0. The van der Waals surface area contributed by atoms with Crippen LogP contribution in [-0.4, -0.2) is 58.0 Å². The van der Waals surface area contributed by atoms with E-state index in [2.05, 4.69) is 42.7 Å². The Kier molecular flexibility index (Phi) is 6.55. The highest BCUT2D eigenvalue weighted by Gasteiger charge is 2.23. The number of benzene rings is 2. The van der Waals surface area contributed by atoms with Crippen molar-refractivity contribution in [3.05, 3.63) is 72.2 Å². The number of nitrogens with one attached hydrogen (secondary N) is 2. The van der Waals surface area contributed by atoms with Gasteiger partial charge in [-0.3, -0.25) is 9.48 Å². The molecule has 2 aromatic carbocycles. The van der Waals surface area contributed by atoms with Crippen LogP contribution in [0.1, 0.15) is 16.1 Å². The van der Waals surface area contributed by atoms with Crippen LogP contribution >= 0.6 is 0 Å². The number of carbonyl (C=O) groups is 1. The molecule has 10 nitrogen and oxygen atoms in total. The maximum absolute atomic E-state index is 12.5. The van der Waals surface area contributed by atoms with Crippen molar-refractivity contribution in [2.75, 3.05) is 42.2 Å². The maximum atomic E-state index is 12.5. The number of nitrogen functional groups attached to an aromatic ring is 1. The Morgan fingerprint density at radius 2 is 1.91 bits per heavy atom. The number of amides is 1. The molecule has 1 aliphatic heterocycles. The number of rotatable bonds is 7. The minimum absolute atomic E-state index is 0.00800. The lowest BCUT2D eigenvalue weighted by Crippen LogP contribution is -2.47. The molecule has 0 spiro atoms. The summed E-state index contributed by atoms with van der Waals surface area (Å²) in [4.78, 5) is 23.4. The number of fused-ring (bicyclic) bond motifs is 1. The fourth-order valence-corrected chi connectivity index (χ4v) is 4.20. The van der Waals surface area contributed by atoms with Gasteiger partial charge in [0.15, 0.2) is 0 Å². The lowest BCUT2D eigenvalue weighted by atomic mass is 10.2. The number of hydrogen-bond acceptors (Lipinski definition) is 8. The van der Waals surface area contributed by atoms with E-state index in [1.807, 2.05) is 36.0 Å². The number of anilines is 3. The van der Waals surface area contributed by atoms with Gasteiger partial charge >= 0.3 is 0 Å². The van der Waals surface area contributed by atoms with E-state index in [-0.39, 0.29) is 12.0 Å². The lowest BCUT2D eigenvalue weighted by molar-refractivity contribution is 0.0401. The van der Waals surface area contributed by atoms with Crippen molar-refractivity contribution in [2.45, 2.75) is 12.6 Å². The van der Waals surface area contributed by atoms with Gasteiger partial charge in [-0.05, 0) is 18.2 Å². The third-order valence-electron chi connectivity index (χ3n) is 6.03. The number of hydrogen-bond donors (Lipinski definition) is 3. The van der Waals surface area contributed by atoms with Crippen molar-refractivity contribution in [1.29, 1.82) is 0 Å². The molecule has 4 N–H and O–H groups in total. The molecule has 1 amide bonds. The molecule has 4 aromatic rings. The number of aromatic nitrogens is 4. The topological polar surface area (TPSA) is 123 Å². The molecule has 0 aliphatic carbocycles. The van der Waals surface area contributed by atoms with Crippen LogP contribution in [0.15, 0.2) is 60.9 Å². The van der Waals surface area contributed by atoms with Gasteiger partial charge in [-0.15, -0.1) is 0 Å². The Labute approximate surface area is 203 Å². The van der Waals surface area contributed by atoms with Crippen molar-refractivity contribution in [2.24, 2.45) is 7.05 Å². The van der Waals surface area contributed by atoms with Crippen molar-refractivity contribution in [1.82, 2.24) is 25.1 Å². The molecule has 1 atom stereocenters. The van der Waals surface area contributed by atoms with Crippen molar-refractivity contribution < 1.29 is 9.53 Å². The third kappa shape index (κ3) is 5.08. The molecule has 0 bridgehead atoms. The molecule has 3 heterocycles. The monoisotopic (exact) mass is 472 g/mol. The van der Waals surface area contributed by atoms with Crippen LogP contribution < -0.4 is 21.3 Å². The molecule has 1 aliphatic rings. The van der Waals surface area contributed by atoms with Crippen molar-refractivity contribution >= 4 is 34.1 Å². The summed E-state index contributed by atoms with van der Waals surface area (Å²) in [6.07, 6.45) is 3.06. The SMILES string of the molecule is Cn1nc(CNCC2CN(c3ncc(C(=O)Nc4ccccc4N)cn3)CCO2)c2ccccc21. The first-order valence-electron chi connectivity index (χ1n) is 11.5. The van der Waals surface area contributed by atoms with Crippen LogP contribution in [0.2, 0.25) is 0 Å². The fourth-order valence-electron chi connectivity index (χ4n) is 4.20. The second-order valence-electron chi connectivity index (χ2n) is 8.47. The van der Waals surface area contributed by atoms with Crippen LogP contribution in [0, 0.1) is 0 Å². The highest BCUT2D eigenvalue weighted by atomic mass is 16.5. The zero-order chi connectivity index (χ0) is 24.2. The van der Waals surface area contributed by atoms with E-state index in [1.54, 1.807) is 12.1 Å². The summed E-state index contributed by atoms with van der Waals surface area (Å²) in [7, 11) is 1.96. The number of nitrogens with two attached hydrogens (primary N) is 1. The Balaban J connectivity index is 1.16. The van der Waals surface area contributed by atoms with Gasteiger partial charge in [0.1, 0.15) is 0 Å². The second-order valence-corrected chi connectivity index (χ2v) is 8.47. The molecular formula is C25H28N8O2. The fraction of sp³-hybridized carbons (Fsp3) is 0.280. The molecule has 5 rings (SSSR count). The quantitative estimate of drug-likeness (QED) is 0.350. The van der Waals surface area contributed by atoms with E-state index >= 15 is 0 Å². The first kappa shape index (κ1) is 22.8. The predicted molar refractivity (Wildman–Crippen MR) is 135 cm³/mol. The Hall–Kier alpha value is -4.02. The second kappa shape index (κ2) is 10.1. The van der Waals surface area contributed by atoms with E-state index in [0.717, 1.165) is 16.6 Å². The van der Waals surface area contributed by atoms with Gasteiger partial charge in [0.25, 0.3) is 5.91 Å². The molecule has 0 radical (unpaired) electrons. The van der Waals surface area contributed by atoms with Crippen LogP contribution in [0.5, 0.6) is 0 Å². The molecule has 10 heteroatoms. The standard InChI is InChI=1S/C25H28N8O2/c1-32-23-9-5-2-6-19(23)22(31-32)15-27-14-18-16-33(10-11-35-18)25-28-12-17(13-29-25)24(34)30-21-8-4-3-7-20(21)26/h2-9,12-13,18,27H,10-11,14-16,26H2,1H3,(H,30,34). The zero-order valence-corrected chi connectivity index (χ0v) is 19.5. The molecule has 0 saturated carbocycles. The number of nitrogens with zero attached hydrogens (tertiary/aromatic N) is 5.